The number of aldehydes is 1. The predicted octanol–water partition coefficient (Wildman–Crippen LogP) is 2.34. The van der Waals surface area contributed by atoms with Gasteiger partial charge in [-0.3, -0.25) is 4.79 Å². The number of carbonyl (C=O) groups is 1. The van der Waals surface area contributed by atoms with Gasteiger partial charge in [-0.25, -0.2) is 4.98 Å². The molecular weight excluding hydrogens is 208 g/mol. The summed E-state index contributed by atoms with van der Waals surface area (Å²) < 4.78 is 0.879. The quantitative estimate of drug-likeness (QED) is 0.583. The molecule has 2 rings (SSSR count). The number of aromatic nitrogens is 1. The van der Waals surface area contributed by atoms with E-state index >= 15 is 0 Å². The van der Waals surface area contributed by atoms with Gasteiger partial charge in [0.1, 0.15) is 0 Å². The summed E-state index contributed by atoms with van der Waals surface area (Å²) in [7, 11) is 0. The van der Waals surface area contributed by atoms with E-state index in [9.17, 15) is 4.79 Å². The first-order chi connectivity index (χ1) is 6.20. The maximum atomic E-state index is 10.4. The lowest BCUT2D eigenvalue weighted by atomic mass is 10.3. The van der Waals surface area contributed by atoms with E-state index in [1.54, 1.807) is 12.1 Å². The van der Waals surface area contributed by atoms with E-state index in [-0.39, 0.29) is 0 Å². The van der Waals surface area contributed by atoms with Gasteiger partial charge in [0, 0.05) is 0 Å². The van der Waals surface area contributed by atoms with Crippen LogP contribution in [0.3, 0.4) is 0 Å². The maximum absolute atomic E-state index is 10.4. The Morgan fingerprint density at radius 3 is 3.00 bits per heavy atom. The van der Waals surface area contributed by atoms with Gasteiger partial charge in [0.2, 0.25) is 0 Å². The summed E-state index contributed by atoms with van der Waals surface area (Å²) in [6, 6.07) is 3.39. The van der Waals surface area contributed by atoms with Gasteiger partial charge in [0.25, 0.3) is 0 Å². The highest BCUT2D eigenvalue weighted by molar-refractivity contribution is 7.20. The first-order valence-electron chi connectivity index (χ1n) is 3.51. The molecule has 0 radical (unpaired) electrons. The molecule has 0 saturated heterocycles. The van der Waals surface area contributed by atoms with Crippen molar-refractivity contribution in [1.29, 1.82) is 0 Å². The van der Waals surface area contributed by atoms with Gasteiger partial charge in [-0.05, 0) is 12.1 Å². The van der Waals surface area contributed by atoms with Gasteiger partial charge in [0.15, 0.2) is 11.3 Å². The third-order valence-electron chi connectivity index (χ3n) is 1.62. The normalized spacial score (nSPS) is 10.5. The summed E-state index contributed by atoms with van der Waals surface area (Å²) >= 11 is 7.09. The molecule has 0 saturated carbocycles. The monoisotopic (exact) mass is 212 g/mol. The minimum atomic E-state index is 0.441. The second kappa shape index (κ2) is 2.97. The van der Waals surface area contributed by atoms with Crippen LogP contribution in [0.15, 0.2) is 12.1 Å². The van der Waals surface area contributed by atoms with Crippen molar-refractivity contribution in [3.8, 4) is 0 Å². The first kappa shape index (κ1) is 8.47. The molecule has 0 amide bonds. The van der Waals surface area contributed by atoms with Crippen molar-refractivity contribution in [2.75, 3.05) is 5.73 Å². The number of rotatable bonds is 1. The van der Waals surface area contributed by atoms with Crippen LogP contribution in [0.5, 0.6) is 0 Å². The maximum Gasteiger partial charge on any atom is 0.178 e. The summed E-state index contributed by atoms with van der Waals surface area (Å²) in [5.41, 5.74) is 6.82. The number of hydrogen-bond acceptors (Lipinski definition) is 4. The Hall–Kier alpha value is -1.13. The number of fused-ring (bicyclic) bond motifs is 1. The number of hydrogen-bond donors (Lipinski definition) is 1. The zero-order valence-corrected chi connectivity index (χ0v) is 8.02. The lowest BCUT2D eigenvalue weighted by Crippen LogP contribution is -1.84. The number of carbonyl (C=O) groups excluding carboxylic acids is 1. The lowest BCUT2D eigenvalue weighted by molar-refractivity contribution is 0.112. The molecule has 1 aromatic carbocycles. The number of halogens is 1. The minimum absolute atomic E-state index is 0.441. The molecule has 0 aliphatic carbocycles. The Balaban J connectivity index is 2.77. The molecule has 0 aliphatic heterocycles. The molecule has 2 aromatic rings. The Kier molecular flexibility index (Phi) is 1.94. The summed E-state index contributed by atoms with van der Waals surface area (Å²) in [5, 5.41) is 0.909. The Labute approximate surface area is 83.1 Å². The highest BCUT2D eigenvalue weighted by Crippen LogP contribution is 2.28. The Morgan fingerprint density at radius 1 is 1.54 bits per heavy atom. The van der Waals surface area contributed by atoms with Crippen LogP contribution in [0.25, 0.3) is 10.2 Å². The number of thiazole rings is 1. The average Bonchev–Trinajstić information content (AvgIpc) is 2.48. The van der Waals surface area contributed by atoms with E-state index in [4.69, 9.17) is 17.3 Å². The lowest BCUT2D eigenvalue weighted by Gasteiger charge is -1.94. The van der Waals surface area contributed by atoms with Gasteiger partial charge in [-0.1, -0.05) is 11.6 Å². The molecule has 1 aromatic heterocycles. The van der Waals surface area contributed by atoms with Crippen molar-refractivity contribution in [2.45, 2.75) is 0 Å². The van der Waals surface area contributed by atoms with Gasteiger partial charge in [0.05, 0.1) is 20.9 Å². The standard InChI is InChI=1S/C8H5ClN2OS/c9-4-1-6-7(2-5(4)10)13-8(3-12)11-6/h1-3H,10H2. The van der Waals surface area contributed by atoms with Gasteiger partial charge < -0.3 is 5.73 Å². The summed E-state index contributed by atoms with van der Waals surface area (Å²) in [6.07, 6.45) is 0.717. The highest BCUT2D eigenvalue weighted by atomic mass is 35.5. The Morgan fingerprint density at radius 2 is 2.31 bits per heavy atom. The van der Waals surface area contributed by atoms with E-state index in [0.29, 0.717) is 21.2 Å². The van der Waals surface area contributed by atoms with Gasteiger partial charge in [-0.2, -0.15) is 0 Å². The molecule has 2 N–H and O–H groups in total. The molecule has 5 heteroatoms. The zero-order chi connectivity index (χ0) is 9.42. The van der Waals surface area contributed by atoms with E-state index in [1.807, 2.05) is 0 Å². The van der Waals surface area contributed by atoms with Crippen molar-refractivity contribution in [1.82, 2.24) is 4.98 Å². The van der Waals surface area contributed by atoms with Gasteiger partial charge in [-0.15, -0.1) is 11.3 Å². The number of nitrogen functional groups attached to an aromatic ring is 1. The van der Waals surface area contributed by atoms with Crippen LogP contribution >= 0.6 is 22.9 Å². The summed E-state index contributed by atoms with van der Waals surface area (Å²) in [5.74, 6) is 0. The van der Waals surface area contributed by atoms with Crippen LogP contribution in [-0.2, 0) is 0 Å². The fourth-order valence-electron chi connectivity index (χ4n) is 1.03. The third-order valence-corrected chi connectivity index (χ3v) is 2.90. The van der Waals surface area contributed by atoms with Crippen LogP contribution in [0.2, 0.25) is 5.02 Å². The van der Waals surface area contributed by atoms with Crippen molar-refractivity contribution in [3.05, 3.63) is 22.2 Å². The highest BCUT2D eigenvalue weighted by Gasteiger charge is 2.05. The van der Waals surface area contributed by atoms with Crippen LogP contribution in [0, 0.1) is 0 Å². The van der Waals surface area contributed by atoms with Crippen LogP contribution in [-0.4, -0.2) is 11.3 Å². The first-order valence-corrected chi connectivity index (χ1v) is 4.71. The topological polar surface area (TPSA) is 56.0 Å². The molecule has 3 nitrogen and oxygen atoms in total. The Bertz CT molecular complexity index is 441. The van der Waals surface area contributed by atoms with Crippen LogP contribution in [0.1, 0.15) is 9.80 Å². The largest absolute Gasteiger partial charge is 0.397 e. The molecule has 0 bridgehead atoms. The molecule has 0 aliphatic rings. The smallest absolute Gasteiger partial charge is 0.178 e. The average molecular weight is 213 g/mol. The number of nitrogens with zero attached hydrogens (tertiary/aromatic N) is 1. The number of nitrogens with two attached hydrogens (primary N) is 1. The number of anilines is 1. The zero-order valence-electron chi connectivity index (χ0n) is 6.45. The fraction of sp³-hybridized carbons (Fsp3) is 0. The summed E-state index contributed by atoms with van der Waals surface area (Å²) in [6.45, 7) is 0. The van der Waals surface area contributed by atoms with Crippen molar-refractivity contribution >= 4 is 45.1 Å². The van der Waals surface area contributed by atoms with E-state index in [1.165, 1.54) is 11.3 Å². The molecule has 1 heterocycles. The van der Waals surface area contributed by atoms with Crippen LogP contribution < -0.4 is 5.73 Å². The molecule has 13 heavy (non-hydrogen) atoms. The molecular formula is C8H5ClN2OS. The van der Waals surface area contributed by atoms with E-state index in [0.717, 1.165) is 11.0 Å². The predicted molar refractivity (Wildman–Crippen MR) is 54.4 cm³/mol. The van der Waals surface area contributed by atoms with E-state index < -0.39 is 0 Å². The van der Waals surface area contributed by atoms with Gasteiger partial charge >= 0.3 is 0 Å². The third kappa shape index (κ3) is 1.38. The number of benzene rings is 1. The second-order valence-electron chi connectivity index (χ2n) is 2.51. The minimum Gasteiger partial charge on any atom is -0.397 e. The van der Waals surface area contributed by atoms with Crippen molar-refractivity contribution in [2.24, 2.45) is 0 Å². The molecule has 66 valence electrons. The van der Waals surface area contributed by atoms with Crippen molar-refractivity contribution in [3.63, 3.8) is 0 Å². The fourth-order valence-corrected chi connectivity index (χ4v) is 2.00. The SMILES string of the molecule is Nc1cc2sc(C=O)nc2cc1Cl. The molecule has 0 fully saturated rings. The van der Waals surface area contributed by atoms with Crippen molar-refractivity contribution < 1.29 is 4.79 Å². The second-order valence-corrected chi connectivity index (χ2v) is 3.98. The summed E-state index contributed by atoms with van der Waals surface area (Å²) in [4.78, 5) is 14.5. The van der Waals surface area contributed by atoms with E-state index in [2.05, 4.69) is 4.98 Å². The van der Waals surface area contributed by atoms with Crippen LogP contribution in [0.4, 0.5) is 5.69 Å². The molecule has 0 spiro atoms. The molecule has 0 unspecified atom stereocenters. The molecule has 0 atom stereocenters.